The molecule has 4 nitrogen and oxygen atoms in total. The monoisotopic (exact) mass is 416 g/mol. The fourth-order valence-corrected chi connectivity index (χ4v) is 5.44. The van der Waals surface area contributed by atoms with Crippen LogP contribution in [0.4, 0.5) is 5.69 Å². The smallest absolute Gasteiger partial charge is 0.174 e. The number of pyridine rings is 1. The van der Waals surface area contributed by atoms with Gasteiger partial charge in [0.15, 0.2) is 5.11 Å². The maximum absolute atomic E-state index is 5.86. The molecule has 30 heavy (non-hydrogen) atoms. The van der Waals surface area contributed by atoms with Gasteiger partial charge in [0.05, 0.1) is 17.8 Å². The lowest BCUT2D eigenvalue weighted by Gasteiger charge is -2.28. The average molecular weight is 417 g/mol. The quantitative estimate of drug-likeness (QED) is 0.546. The van der Waals surface area contributed by atoms with Crippen LogP contribution in [0, 0.1) is 13.8 Å². The highest BCUT2D eigenvalue weighted by molar-refractivity contribution is 7.80. The number of rotatable bonds is 4. The molecule has 0 amide bonds. The Kier molecular flexibility index (Phi) is 5.07. The van der Waals surface area contributed by atoms with Gasteiger partial charge in [-0.15, -0.1) is 0 Å². The molecule has 154 valence electrons. The number of nitrogens with zero attached hydrogens (tertiary/aromatic N) is 3. The maximum Gasteiger partial charge on any atom is 0.174 e. The van der Waals surface area contributed by atoms with E-state index in [0.29, 0.717) is 6.04 Å². The highest BCUT2D eigenvalue weighted by Gasteiger charge is 2.41. The Balaban J connectivity index is 1.59. The second-order valence-corrected chi connectivity index (χ2v) is 9.06. The number of anilines is 1. The predicted molar refractivity (Wildman–Crippen MR) is 126 cm³/mol. The van der Waals surface area contributed by atoms with Gasteiger partial charge in [0.25, 0.3) is 0 Å². The van der Waals surface area contributed by atoms with E-state index in [0.717, 1.165) is 16.5 Å². The van der Waals surface area contributed by atoms with Crippen molar-refractivity contribution in [3.05, 3.63) is 83.4 Å². The van der Waals surface area contributed by atoms with Crippen molar-refractivity contribution in [3.8, 4) is 0 Å². The molecule has 5 rings (SSSR count). The number of aromatic nitrogens is 2. The first kappa shape index (κ1) is 19.3. The fourth-order valence-electron chi connectivity index (χ4n) is 5.10. The largest absolute Gasteiger partial charge is 0.351 e. The Morgan fingerprint density at radius 1 is 1.03 bits per heavy atom. The summed E-state index contributed by atoms with van der Waals surface area (Å²) in [5, 5.41) is 4.33. The van der Waals surface area contributed by atoms with E-state index in [1.54, 1.807) is 0 Å². The molecule has 1 saturated heterocycles. The summed E-state index contributed by atoms with van der Waals surface area (Å²) in [6.45, 7) is 4.29. The number of thiocarbonyl (C=S) groups is 1. The van der Waals surface area contributed by atoms with Crippen molar-refractivity contribution in [2.75, 3.05) is 4.90 Å². The van der Waals surface area contributed by atoms with Gasteiger partial charge in [0.1, 0.15) is 0 Å². The van der Waals surface area contributed by atoms with E-state index in [1.807, 2.05) is 18.3 Å². The van der Waals surface area contributed by atoms with Crippen LogP contribution in [0.15, 0.2) is 61.1 Å². The highest BCUT2D eigenvalue weighted by atomic mass is 32.1. The molecule has 1 N–H and O–H groups in total. The second-order valence-electron chi connectivity index (χ2n) is 8.67. The molecule has 2 fully saturated rings. The Labute approximate surface area is 183 Å². The molecular formula is C25H28N4S. The van der Waals surface area contributed by atoms with E-state index < -0.39 is 0 Å². The molecule has 0 unspecified atom stereocenters. The van der Waals surface area contributed by atoms with Crippen LogP contribution in [0.5, 0.6) is 0 Å². The van der Waals surface area contributed by atoms with Crippen LogP contribution in [0.2, 0.25) is 0 Å². The van der Waals surface area contributed by atoms with Crippen LogP contribution >= 0.6 is 12.2 Å². The first-order valence-corrected chi connectivity index (χ1v) is 11.3. The summed E-state index contributed by atoms with van der Waals surface area (Å²) in [6, 6.07) is 15.7. The first-order valence-electron chi connectivity index (χ1n) is 10.9. The average Bonchev–Trinajstić information content (AvgIpc) is 3.47. The van der Waals surface area contributed by atoms with Crippen LogP contribution in [-0.4, -0.2) is 14.7 Å². The third-order valence-electron chi connectivity index (χ3n) is 6.41. The lowest BCUT2D eigenvalue weighted by molar-refractivity contribution is 0.515. The fraction of sp³-hybridized carbons (Fsp3) is 0.360. The van der Waals surface area contributed by atoms with Gasteiger partial charge in [0, 0.05) is 30.3 Å². The van der Waals surface area contributed by atoms with Crippen LogP contribution in [-0.2, 0) is 0 Å². The zero-order valence-corrected chi connectivity index (χ0v) is 18.4. The first-order chi connectivity index (χ1) is 14.6. The topological polar surface area (TPSA) is 33.1 Å². The number of benzene rings is 1. The van der Waals surface area contributed by atoms with Crippen molar-refractivity contribution in [2.45, 2.75) is 57.7 Å². The standard InChI is InChI=1S/C25H28N4S/c1-17-13-18(2)15-21(14-17)29-24(19-10-12-28(16-19)20-7-3-4-8-20)23(27-25(29)30)22-9-5-6-11-26-22/h5-6,9-16,20,23-24H,3-4,7-8H2,1-2H3,(H,27,30)/t23-,24+/m0/s1. The summed E-state index contributed by atoms with van der Waals surface area (Å²) in [5.74, 6) is 0. The van der Waals surface area contributed by atoms with Crippen LogP contribution in [0.3, 0.4) is 0 Å². The lowest BCUT2D eigenvalue weighted by atomic mass is 9.98. The minimum absolute atomic E-state index is 0.0129. The molecule has 2 aromatic heterocycles. The highest BCUT2D eigenvalue weighted by Crippen LogP contribution is 2.42. The van der Waals surface area contributed by atoms with E-state index in [2.05, 4.69) is 76.3 Å². The molecule has 1 aromatic carbocycles. The molecule has 1 aliphatic carbocycles. The van der Waals surface area contributed by atoms with E-state index in [4.69, 9.17) is 12.2 Å². The Bertz CT molecular complexity index is 1030. The second kappa shape index (κ2) is 7.88. The van der Waals surface area contributed by atoms with E-state index in [1.165, 1.54) is 42.4 Å². The SMILES string of the molecule is Cc1cc(C)cc(N2C(=S)N[C@@H](c3ccccn3)[C@H]2c2ccn(C3CCCC3)c2)c1. The predicted octanol–water partition coefficient (Wildman–Crippen LogP) is 5.79. The number of hydrogen-bond donors (Lipinski definition) is 1. The van der Waals surface area contributed by atoms with Gasteiger partial charge < -0.3 is 14.8 Å². The zero-order valence-electron chi connectivity index (χ0n) is 17.6. The van der Waals surface area contributed by atoms with Gasteiger partial charge in [0.2, 0.25) is 0 Å². The van der Waals surface area contributed by atoms with Crippen LogP contribution in [0.25, 0.3) is 0 Å². The summed E-state index contributed by atoms with van der Waals surface area (Å²) < 4.78 is 2.42. The van der Waals surface area contributed by atoms with Gasteiger partial charge in [-0.3, -0.25) is 4.98 Å². The van der Waals surface area contributed by atoms with Gasteiger partial charge >= 0.3 is 0 Å². The maximum atomic E-state index is 5.86. The van der Waals surface area contributed by atoms with Gasteiger partial charge in [-0.25, -0.2) is 0 Å². The molecule has 0 bridgehead atoms. The van der Waals surface area contributed by atoms with Crippen molar-refractivity contribution in [1.29, 1.82) is 0 Å². The molecular weight excluding hydrogens is 388 g/mol. The summed E-state index contributed by atoms with van der Waals surface area (Å²) >= 11 is 5.86. The Hall–Kier alpha value is -2.66. The summed E-state index contributed by atoms with van der Waals surface area (Å²) in [5.41, 5.74) is 5.93. The molecule has 2 atom stereocenters. The van der Waals surface area contributed by atoms with E-state index in [9.17, 15) is 0 Å². The minimum atomic E-state index is 0.0129. The number of aryl methyl sites for hydroxylation is 2. The van der Waals surface area contributed by atoms with Gasteiger partial charge in [-0.2, -0.15) is 0 Å². The molecule has 0 spiro atoms. The van der Waals surface area contributed by atoms with Crippen LogP contribution < -0.4 is 10.2 Å². The molecule has 1 aliphatic heterocycles. The third-order valence-corrected chi connectivity index (χ3v) is 6.72. The zero-order chi connectivity index (χ0) is 20.7. The lowest BCUT2D eigenvalue weighted by Crippen LogP contribution is -2.29. The van der Waals surface area contributed by atoms with Gasteiger partial charge in [-0.05, 0) is 85.9 Å². The Morgan fingerprint density at radius 2 is 1.80 bits per heavy atom. The summed E-state index contributed by atoms with van der Waals surface area (Å²) in [7, 11) is 0. The van der Waals surface area contributed by atoms with Crippen molar-refractivity contribution >= 4 is 23.0 Å². The number of nitrogens with one attached hydrogen (secondary N) is 1. The van der Waals surface area contributed by atoms with E-state index in [-0.39, 0.29) is 12.1 Å². The van der Waals surface area contributed by atoms with Crippen LogP contribution in [0.1, 0.15) is 66.2 Å². The third kappa shape index (κ3) is 3.52. The molecule has 3 aromatic rings. The molecule has 2 aliphatic rings. The Morgan fingerprint density at radius 3 is 2.50 bits per heavy atom. The molecule has 5 heteroatoms. The van der Waals surface area contributed by atoms with Crippen molar-refractivity contribution in [1.82, 2.24) is 14.9 Å². The normalized spacial score (nSPS) is 21.9. The number of hydrogen-bond acceptors (Lipinski definition) is 2. The minimum Gasteiger partial charge on any atom is -0.351 e. The van der Waals surface area contributed by atoms with Crippen molar-refractivity contribution < 1.29 is 0 Å². The summed E-state index contributed by atoms with van der Waals surface area (Å²) in [4.78, 5) is 6.94. The molecule has 3 heterocycles. The molecule has 1 saturated carbocycles. The van der Waals surface area contributed by atoms with Gasteiger partial charge in [-0.1, -0.05) is 25.0 Å². The van der Waals surface area contributed by atoms with Crippen molar-refractivity contribution in [2.24, 2.45) is 0 Å². The van der Waals surface area contributed by atoms with Crippen molar-refractivity contribution in [3.63, 3.8) is 0 Å². The molecule has 0 radical (unpaired) electrons. The summed E-state index contributed by atoms with van der Waals surface area (Å²) in [6.07, 6.45) is 11.7. The van der Waals surface area contributed by atoms with E-state index >= 15 is 0 Å².